The molecule has 0 radical (unpaired) electrons. The van der Waals surface area contributed by atoms with Crippen LogP contribution in [-0.4, -0.2) is 49.1 Å². The summed E-state index contributed by atoms with van der Waals surface area (Å²) in [5.41, 5.74) is 4.67. The summed E-state index contributed by atoms with van der Waals surface area (Å²) in [6.07, 6.45) is 5.75. The molecule has 1 aliphatic carbocycles. The monoisotopic (exact) mass is 383 g/mol. The average molecular weight is 383 g/mol. The molecule has 0 bridgehead atoms. The Labute approximate surface area is 166 Å². The van der Waals surface area contributed by atoms with Crippen molar-refractivity contribution in [2.75, 3.05) is 32.6 Å². The molecule has 1 amide bonds. The van der Waals surface area contributed by atoms with E-state index in [-0.39, 0.29) is 5.91 Å². The maximum absolute atomic E-state index is 12.0. The first-order valence-corrected chi connectivity index (χ1v) is 10.3. The van der Waals surface area contributed by atoms with Crippen LogP contribution in [0.1, 0.15) is 43.9 Å². The van der Waals surface area contributed by atoms with Crippen LogP contribution in [0.4, 0.5) is 5.69 Å². The molecule has 2 aromatic rings. The molecule has 2 aliphatic rings. The molecule has 28 heavy (non-hydrogen) atoms. The fourth-order valence-corrected chi connectivity index (χ4v) is 4.46. The molecule has 1 aromatic heterocycles. The third kappa shape index (κ3) is 3.36. The Balaban J connectivity index is 1.67. The van der Waals surface area contributed by atoms with E-state index < -0.39 is 0 Å². The molecule has 1 fully saturated rings. The summed E-state index contributed by atoms with van der Waals surface area (Å²) in [6.45, 7) is 3.58. The van der Waals surface area contributed by atoms with Crippen molar-refractivity contribution in [3.63, 3.8) is 0 Å². The smallest absolute Gasteiger partial charge is 0.222 e. The molecule has 1 saturated heterocycles. The molecule has 150 valence electrons. The van der Waals surface area contributed by atoms with Crippen LogP contribution in [0, 0.1) is 0 Å². The number of rotatable bonds is 5. The van der Waals surface area contributed by atoms with E-state index in [0.29, 0.717) is 18.2 Å². The number of pyridine rings is 1. The van der Waals surface area contributed by atoms with Crippen molar-refractivity contribution in [2.45, 2.75) is 51.5 Å². The number of fused-ring (bicyclic) bond motifs is 2. The van der Waals surface area contributed by atoms with E-state index in [1.165, 1.54) is 16.9 Å². The SMILES string of the molecule is CCC(=O)N1CCC(Nc2c3c(nc4cc(OC)c(OC)cc24)CCC3)CC1. The van der Waals surface area contributed by atoms with E-state index in [1.54, 1.807) is 14.2 Å². The quantitative estimate of drug-likeness (QED) is 0.855. The second-order valence-electron chi connectivity index (χ2n) is 7.64. The number of hydrogen-bond acceptors (Lipinski definition) is 5. The van der Waals surface area contributed by atoms with Gasteiger partial charge in [-0.05, 0) is 43.7 Å². The Kier molecular flexibility index (Phi) is 5.29. The average Bonchev–Trinajstić information content (AvgIpc) is 3.20. The normalized spacial score (nSPS) is 16.9. The van der Waals surface area contributed by atoms with Gasteiger partial charge in [0.1, 0.15) is 0 Å². The number of anilines is 1. The summed E-state index contributed by atoms with van der Waals surface area (Å²) >= 11 is 0. The third-order valence-electron chi connectivity index (χ3n) is 6.02. The highest BCUT2D eigenvalue weighted by Crippen LogP contribution is 2.40. The maximum Gasteiger partial charge on any atom is 0.222 e. The minimum Gasteiger partial charge on any atom is -0.493 e. The van der Waals surface area contributed by atoms with Crippen molar-refractivity contribution >= 4 is 22.5 Å². The lowest BCUT2D eigenvalue weighted by molar-refractivity contribution is -0.131. The molecular formula is C22H29N3O3. The first kappa shape index (κ1) is 18.8. The number of amides is 1. The van der Waals surface area contributed by atoms with Gasteiger partial charge in [0.2, 0.25) is 5.91 Å². The van der Waals surface area contributed by atoms with Crippen LogP contribution in [0.25, 0.3) is 10.9 Å². The summed E-state index contributed by atoms with van der Waals surface area (Å²) in [7, 11) is 3.32. The van der Waals surface area contributed by atoms with Gasteiger partial charge < -0.3 is 19.7 Å². The summed E-state index contributed by atoms with van der Waals surface area (Å²) in [5, 5.41) is 4.90. The first-order valence-electron chi connectivity index (χ1n) is 10.3. The van der Waals surface area contributed by atoms with Crippen LogP contribution in [0.15, 0.2) is 12.1 Å². The van der Waals surface area contributed by atoms with Crippen LogP contribution in [0.3, 0.4) is 0 Å². The minimum absolute atomic E-state index is 0.255. The topological polar surface area (TPSA) is 63.7 Å². The Morgan fingerprint density at radius 3 is 2.57 bits per heavy atom. The van der Waals surface area contributed by atoms with E-state index in [1.807, 2.05) is 24.0 Å². The van der Waals surface area contributed by atoms with Gasteiger partial charge >= 0.3 is 0 Å². The van der Waals surface area contributed by atoms with Gasteiger partial charge in [-0.25, -0.2) is 0 Å². The molecule has 1 aromatic carbocycles. The zero-order valence-corrected chi connectivity index (χ0v) is 17.0. The Hall–Kier alpha value is -2.50. The zero-order chi connectivity index (χ0) is 19.7. The van der Waals surface area contributed by atoms with Crippen LogP contribution in [0.2, 0.25) is 0 Å². The number of benzene rings is 1. The number of carbonyl (C=O) groups excluding carboxylic acids is 1. The Bertz CT molecular complexity index is 888. The largest absolute Gasteiger partial charge is 0.493 e. The number of nitrogens with one attached hydrogen (secondary N) is 1. The molecule has 4 rings (SSSR count). The number of likely N-dealkylation sites (tertiary alicyclic amines) is 1. The molecule has 0 atom stereocenters. The fourth-order valence-electron chi connectivity index (χ4n) is 4.46. The second-order valence-corrected chi connectivity index (χ2v) is 7.64. The highest BCUT2D eigenvalue weighted by molar-refractivity contribution is 5.96. The summed E-state index contributed by atoms with van der Waals surface area (Å²) in [5.74, 6) is 1.68. The number of methoxy groups -OCH3 is 2. The number of nitrogens with zero attached hydrogens (tertiary/aromatic N) is 2. The predicted molar refractivity (Wildman–Crippen MR) is 110 cm³/mol. The van der Waals surface area contributed by atoms with Gasteiger partial charge in [0.15, 0.2) is 11.5 Å². The standard InChI is InChI=1S/C22H29N3O3/c1-4-21(26)25-10-8-14(9-11-25)23-22-15-6-5-7-17(15)24-18-13-20(28-3)19(27-2)12-16(18)22/h12-14H,4-11H2,1-3H3,(H,23,24). The predicted octanol–water partition coefficient (Wildman–Crippen LogP) is 3.55. The highest BCUT2D eigenvalue weighted by atomic mass is 16.5. The van der Waals surface area contributed by atoms with E-state index in [2.05, 4.69) is 5.32 Å². The van der Waals surface area contributed by atoms with Crippen molar-refractivity contribution in [2.24, 2.45) is 0 Å². The fraction of sp³-hybridized carbons (Fsp3) is 0.545. The van der Waals surface area contributed by atoms with Gasteiger partial charge in [-0.2, -0.15) is 0 Å². The molecule has 0 unspecified atom stereocenters. The first-order chi connectivity index (χ1) is 13.6. The number of carbonyl (C=O) groups is 1. The summed E-state index contributed by atoms with van der Waals surface area (Å²) in [4.78, 5) is 18.9. The van der Waals surface area contributed by atoms with Gasteiger partial charge in [0.25, 0.3) is 0 Å². The Morgan fingerprint density at radius 1 is 1.18 bits per heavy atom. The van der Waals surface area contributed by atoms with Gasteiger partial charge in [-0.1, -0.05) is 6.92 Å². The lowest BCUT2D eigenvalue weighted by atomic mass is 10.0. The molecule has 6 heteroatoms. The van der Waals surface area contributed by atoms with Crippen LogP contribution < -0.4 is 14.8 Å². The molecule has 0 saturated carbocycles. The van der Waals surface area contributed by atoms with E-state index in [4.69, 9.17) is 14.5 Å². The van der Waals surface area contributed by atoms with E-state index in [9.17, 15) is 4.79 Å². The van der Waals surface area contributed by atoms with Gasteiger partial charge in [0, 0.05) is 48.4 Å². The number of piperidine rings is 1. The third-order valence-corrected chi connectivity index (χ3v) is 6.02. The van der Waals surface area contributed by atoms with Crippen LogP contribution in [-0.2, 0) is 17.6 Å². The number of hydrogen-bond donors (Lipinski definition) is 1. The van der Waals surface area contributed by atoms with Crippen molar-refractivity contribution in [1.82, 2.24) is 9.88 Å². The molecule has 6 nitrogen and oxygen atoms in total. The molecule has 1 aliphatic heterocycles. The second kappa shape index (κ2) is 7.86. The van der Waals surface area contributed by atoms with Gasteiger partial charge in [-0.3, -0.25) is 9.78 Å². The van der Waals surface area contributed by atoms with Gasteiger partial charge in [-0.15, -0.1) is 0 Å². The van der Waals surface area contributed by atoms with Crippen molar-refractivity contribution in [3.8, 4) is 11.5 Å². The van der Waals surface area contributed by atoms with Crippen molar-refractivity contribution in [1.29, 1.82) is 0 Å². The molecule has 2 heterocycles. The molecular weight excluding hydrogens is 354 g/mol. The van der Waals surface area contributed by atoms with E-state index >= 15 is 0 Å². The summed E-state index contributed by atoms with van der Waals surface area (Å²) in [6, 6.07) is 4.38. The molecule has 0 spiro atoms. The van der Waals surface area contributed by atoms with Crippen LogP contribution in [0.5, 0.6) is 11.5 Å². The van der Waals surface area contributed by atoms with Crippen molar-refractivity contribution < 1.29 is 14.3 Å². The van der Waals surface area contributed by atoms with E-state index in [0.717, 1.165) is 61.8 Å². The lowest BCUT2D eigenvalue weighted by Crippen LogP contribution is -2.42. The number of ether oxygens (including phenoxy) is 2. The van der Waals surface area contributed by atoms with Crippen LogP contribution >= 0.6 is 0 Å². The maximum atomic E-state index is 12.0. The molecule has 1 N–H and O–H groups in total. The van der Waals surface area contributed by atoms with Crippen molar-refractivity contribution in [3.05, 3.63) is 23.4 Å². The summed E-state index contributed by atoms with van der Waals surface area (Å²) < 4.78 is 11.0. The lowest BCUT2D eigenvalue weighted by Gasteiger charge is -2.33. The number of aryl methyl sites for hydroxylation is 1. The minimum atomic E-state index is 0.255. The Morgan fingerprint density at radius 2 is 1.89 bits per heavy atom. The van der Waals surface area contributed by atoms with Gasteiger partial charge in [0.05, 0.1) is 19.7 Å². The zero-order valence-electron chi connectivity index (χ0n) is 17.0. The number of aromatic nitrogens is 1. The highest BCUT2D eigenvalue weighted by Gasteiger charge is 2.26.